The molecule has 0 saturated carbocycles. The van der Waals surface area contributed by atoms with Crippen LogP contribution >= 0.6 is 0 Å². The van der Waals surface area contributed by atoms with Crippen molar-refractivity contribution in [1.29, 1.82) is 0 Å². The Balaban J connectivity index is 0. The number of aliphatic hydroxyl groups is 7. The van der Waals surface area contributed by atoms with Gasteiger partial charge in [-0.3, -0.25) is 4.79 Å². The maximum atomic E-state index is 11.7. The van der Waals surface area contributed by atoms with Crippen LogP contribution in [-0.2, 0) is 9.53 Å². The zero-order chi connectivity index (χ0) is 28.3. The number of carbonyl (C=O) groups is 1. The SMILES string of the molecule is CCCCCCCCCCCCCCCCCC(=O)OCC(CO)(CO)CO.OCC(CO)(CO)CO. The highest BCUT2D eigenvalue weighted by atomic mass is 16.5. The van der Waals surface area contributed by atoms with Crippen LogP contribution in [0, 0.1) is 10.8 Å². The molecule has 0 aliphatic heterocycles. The quantitative estimate of drug-likeness (QED) is 0.0682. The Hall–Kier alpha value is -0.810. The van der Waals surface area contributed by atoms with Crippen molar-refractivity contribution in [2.24, 2.45) is 10.8 Å². The van der Waals surface area contributed by atoms with Gasteiger partial charge in [-0.05, 0) is 6.42 Å². The number of rotatable bonds is 25. The van der Waals surface area contributed by atoms with Gasteiger partial charge in [0, 0.05) is 6.42 Å². The molecular weight excluding hydrogens is 480 g/mol. The van der Waals surface area contributed by atoms with Crippen LogP contribution in [0.1, 0.15) is 110 Å². The van der Waals surface area contributed by atoms with Crippen molar-refractivity contribution in [3.63, 3.8) is 0 Å². The Kier molecular flexibility index (Phi) is 27.8. The van der Waals surface area contributed by atoms with Crippen LogP contribution < -0.4 is 0 Å². The molecule has 0 rings (SSSR count). The molecule has 0 aliphatic carbocycles. The zero-order valence-electron chi connectivity index (χ0n) is 23.4. The number of hydrogen-bond donors (Lipinski definition) is 7. The van der Waals surface area contributed by atoms with Crippen molar-refractivity contribution in [2.75, 3.05) is 52.9 Å². The van der Waals surface area contributed by atoms with Gasteiger partial charge in [0.1, 0.15) is 6.61 Å². The van der Waals surface area contributed by atoms with Gasteiger partial charge in [-0.25, -0.2) is 0 Å². The third-order valence-electron chi connectivity index (χ3n) is 6.87. The average molecular weight is 539 g/mol. The number of esters is 1. The van der Waals surface area contributed by atoms with Crippen molar-refractivity contribution < 1.29 is 45.3 Å². The summed E-state index contributed by atoms with van der Waals surface area (Å²) in [5.74, 6) is -0.325. The minimum absolute atomic E-state index is 0.145. The molecule has 9 nitrogen and oxygen atoms in total. The van der Waals surface area contributed by atoms with Gasteiger partial charge in [-0.2, -0.15) is 0 Å². The van der Waals surface area contributed by atoms with Crippen LogP contribution in [0.15, 0.2) is 0 Å². The molecule has 37 heavy (non-hydrogen) atoms. The first kappa shape index (κ1) is 38.3. The van der Waals surface area contributed by atoms with Gasteiger partial charge in [0.2, 0.25) is 0 Å². The number of carbonyl (C=O) groups excluding carboxylic acids is 1. The van der Waals surface area contributed by atoms with E-state index in [0.29, 0.717) is 6.42 Å². The maximum absolute atomic E-state index is 11.7. The summed E-state index contributed by atoms with van der Waals surface area (Å²) < 4.78 is 5.08. The molecule has 0 spiro atoms. The maximum Gasteiger partial charge on any atom is 0.305 e. The number of ether oxygens (including phenoxy) is 1. The van der Waals surface area contributed by atoms with E-state index < -0.39 is 57.1 Å². The van der Waals surface area contributed by atoms with E-state index >= 15 is 0 Å². The van der Waals surface area contributed by atoms with Crippen LogP contribution in [0.4, 0.5) is 0 Å². The lowest BCUT2D eigenvalue weighted by molar-refractivity contribution is -0.151. The fourth-order valence-electron chi connectivity index (χ4n) is 3.53. The summed E-state index contributed by atoms with van der Waals surface area (Å²) in [6.45, 7) is -0.741. The van der Waals surface area contributed by atoms with Crippen LogP contribution in [0.3, 0.4) is 0 Å². The summed E-state index contributed by atoms with van der Waals surface area (Å²) in [7, 11) is 0. The van der Waals surface area contributed by atoms with Gasteiger partial charge in [-0.1, -0.05) is 96.8 Å². The summed E-state index contributed by atoms with van der Waals surface area (Å²) in [4.78, 5) is 11.7. The molecule has 0 aromatic carbocycles. The predicted octanol–water partition coefficient (Wildman–Crippen LogP) is 2.70. The second-order valence-corrected chi connectivity index (χ2v) is 10.5. The van der Waals surface area contributed by atoms with Crippen molar-refractivity contribution in [3.05, 3.63) is 0 Å². The molecule has 9 heteroatoms. The van der Waals surface area contributed by atoms with E-state index in [1.807, 2.05) is 0 Å². The fourth-order valence-corrected chi connectivity index (χ4v) is 3.53. The van der Waals surface area contributed by atoms with Crippen LogP contribution in [0.5, 0.6) is 0 Å². The average Bonchev–Trinajstić information content (AvgIpc) is 2.94. The number of hydrogen-bond acceptors (Lipinski definition) is 9. The lowest BCUT2D eigenvalue weighted by Crippen LogP contribution is -2.39. The van der Waals surface area contributed by atoms with Crippen molar-refractivity contribution in [3.8, 4) is 0 Å². The first-order valence-corrected chi connectivity index (χ1v) is 14.3. The van der Waals surface area contributed by atoms with Crippen LogP contribution in [0.2, 0.25) is 0 Å². The van der Waals surface area contributed by atoms with Gasteiger partial charge < -0.3 is 40.5 Å². The van der Waals surface area contributed by atoms with E-state index in [4.69, 9.17) is 25.2 Å². The third-order valence-corrected chi connectivity index (χ3v) is 6.87. The molecule has 224 valence electrons. The van der Waals surface area contributed by atoms with Crippen molar-refractivity contribution >= 4 is 5.97 Å². The van der Waals surface area contributed by atoms with Crippen LogP contribution in [-0.4, -0.2) is 94.6 Å². The van der Waals surface area contributed by atoms with Gasteiger partial charge in [0.25, 0.3) is 0 Å². The summed E-state index contributed by atoms with van der Waals surface area (Å²) >= 11 is 0. The minimum atomic E-state index is -1.13. The standard InChI is InChI=1S/C23H46O5.C5H12O4/c1-2-3-4-5-6-7-8-9-10-11-12-13-14-15-16-17-22(27)28-21-23(18-24,19-25)20-26;6-1-5(2-7,3-8)4-9/h24-26H,2-21H2,1H3;6-9H,1-4H2. The monoisotopic (exact) mass is 538 g/mol. The molecule has 0 unspecified atom stereocenters. The largest absolute Gasteiger partial charge is 0.465 e. The molecule has 0 aromatic heterocycles. The Morgan fingerprint density at radius 3 is 1.05 bits per heavy atom. The molecule has 0 fully saturated rings. The van der Waals surface area contributed by atoms with Gasteiger partial charge >= 0.3 is 5.97 Å². The molecule has 7 N–H and O–H groups in total. The summed E-state index contributed by atoms with van der Waals surface area (Å²) in [5.41, 5.74) is -2.25. The molecule has 0 aromatic rings. The number of aliphatic hydroxyl groups excluding tert-OH is 7. The third kappa shape index (κ3) is 20.8. The summed E-state index contributed by atoms with van der Waals surface area (Å²) in [5, 5.41) is 61.6. The van der Waals surface area contributed by atoms with E-state index in [9.17, 15) is 20.1 Å². The Morgan fingerprint density at radius 2 is 0.784 bits per heavy atom. The van der Waals surface area contributed by atoms with E-state index in [1.165, 1.54) is 77.0 Å². The highest BCUT2D eigenvalue weighted by molar-refractivity contribution is 5.69. The Morgan fingerprint density at radius 1 is 0.486 bits per heavy atom. The number of unbranched alkanes of at least 4 members (excludes halogenated alkanes) is 14. The van der Waals surface area contributed by atoms with E-state index in [2.05, 4.69) is 6.92 Å². The molecule has 0 saturated heterocycles. The zero-order valence-corrected chi connectivity index (χ0v) is 23.4. The lowest BCUT2D eigenvalue weighted by Gasteiger charge is -2.26. The van der Waals surface area contributed by atoms with Crippen molar-refractivity contribution in [2.45, 2.75) is 110 Å². The van der Waals surface area contributed by atoms with Gasteiger partial charge in [0.15, 0.2) is 0 Å². The van der Waals surface area contributed by atoms with Crippen molar-refractivity contribution in [1.82, 2.24) is 0 Å². The second kappa shape index (κ2) is 26.8. The normalized spacial score (nSPS) is 11.8. The summed E-state index contributed by atoms with van der Waals surface area (Å²) in [6, 6.07) is 0. The molecule has 0 amide bonds. The molecule has 0 aliphatic rings. The minimum Gasteiger partial charge on any atom is -0.465 e. The van der Waals surface area contributed by atoms with E-state index in [0.717, 1.165) is 19.3 Å². The van der Waals surface area contributed by atoms with E-state index in [1.54, 1.807) is 0 Å². The Labute approximate surface area is 224 Å². The molecule has 0 radical (unpaired) electrons. The fraction of sp³-hybridized carbons (Fsp3) is 0.964. The first-order valence-electron chi connectivity index (χ1n) is 14.3. The molecule has 0 bridgehead atoms. The highest BCUT2D eigenvalue weighted by Gasteiger charge is 2.30. The van der Waals surface area contributed by atoms with E-state index in [-0.39, 0.29) is 12.6 Å². The molecule has 0 heterocycles. The lowest BCUT2D eigenvalue weighted by atomic mass is 9.93. The Bertz CT molecular complexity index is 454. The topological polar surface area (TPSA) is 168 Å². The first-order chi connectivity index (χ1) is 17.9. The van der Waals surface area contributed by atoms with Gasteiger partial charge in [-0.15, -0.1) is 0 Å². The van der Waals surface area contributed by atoms with Gasteiger partial charge in [0.05, 0.1) is 57.1 Å². The summed E-state index contributed by atoms with van der Waals surface area (Å²) in [6.07, 6.45) is 19.6. The second-order valence-electron chi connectivity index (χ2n) is 10.5. The predicted molar refractivity (Wildman–Crippen MR) is 145 cm³/mol. The molecule has 0 atom stereocenters. The van der Waals surface area contributed by atoms with Crippen LogP contribution in [0.25, 0.3) is 0 Å². The smallest absolute Gasteiger partial charge is 0.305 e. The molecular formula is C28H58O9. The highest BCUT2D eigenvalue weighted by Crippen LogP contribution is 2.17.